The van der Waals surface area contributed by atoms with E-state index < -0.39 is 0 Å². The number of nitrogens with zero attached hydrogens (tertiary/aromatic N) is 2. The van der Waals surface area contributed by atoms with Gasteiger partial charge in [0.2, 0.25) is 11.6 Å². The van der Waals surface area contributed by atoms with E-state index in [0.29, 0.717) is 6.54 Å². The zero-order valence-electron chi connectivity index (χ0n) is 20.8. The van der Waals surface area contributed by atoms with Crippen LogP contribution < -0.4 is 10.2 Å². The number of para-hydroxylation sites is 2. The van der Waals surface area contributed by atoms with E-state index in [2.05, 4.69) is 116 Å². The largest absolute Gasteiger partial charge is 0.356 e. The van der Waals surface area contributed by atoms with Crippen molar-refractivity contribution in [3.8, 4) is 0 Å². The number of anilines is 1. The van der Waals surface area contributed by atoms with Crippen molar-refractivity contribution in [2.75, 3.05) is 25.0 Å². The molecule has 2 aromatic carbocycles. The Hall–Kier alpha value is -3.14. The normalized spacial score (nSPS) is 19.3. The lowest BCUT2D eigenvalue weighted by molar-refractivity contribution is -0.401. The molecule has 0 saturated heterocycles. The van der Waals surface area contributed by atoms with Crippen molar-refractivity contribution in [2.24, 2.45) is 0 Å². The molecule has 4 rings (SSSR count). The van der Waals surface area contributed by atoms with Crippen LogP contribution in [0, 0.1) is 0 Å². The molecule has 1 amide bonds. The third-order valence-corrected chi connectivity index (χ3v) is 7.18. The molecule has 4 heteroatoms. The summed E-state index contributed by atoms with van der Waals surface area (Å²) in [5.41, 5.74) is 7.74. The van der Waals surface area contributed by atoms with E-state index in [9.17, 15) is 4.79 Å². The lowest BCUT2D eigenvalue weighted by atomic mass is 9.81. The topological polar surface area (TPSA) is 35.4 Å². The molecule has 2 aromatic rings. The number of nitrogens with one attached hydrogen (secondary N) is 1. The fourth-order valence-corrected chi connectivity index (χ4v) is 5.42. The van der Waals surface area contributed by atoms with E-state index >= 15 is 0 Å². The Morgan fingerprint density at radius 2 is 1.67 bits per heavy atom. The Morgan fingerprint density at radius 1 is 1.00 bits per heavy atom. The quantitative estimate of drug-likeness (QED) is 0.476. The SMILES string of the molecule is CC(=O)NCCCN1C(=CC=CC2=[N+](C)c3ccccc3C2(C)C)C(C)(C)c2ccccc21. The molecule has 0 aromatic heterocycles. The molecule has 0 unspecified atom stereocenters. The second-order valence-electron chi connectivity index (χ2n) is 10.1. The fourth-order valence-electron chi connectivity index (χ4n) is 5.42. The second kappa shape index (κ2) is 8.66. The molecular formula is C29H36N3O+. The van der Waals surface area contributed by atoms with Gasteiger partial charge in [-0.1, -0.05) is 56.3 Å². The minimum atomic E-state index is -0.0837. The number of hydrogen-bond donors (Lipinski definition) is 1. The highest BCUT2D eigenvalue weighted by Crippen LogP contribution is 2.47. The van der Waals surface area contributed by atoms with Gasteiger partial charge in [0, 0.05) is 54.5 Å². The van der Waals surface area contributed by atoms with Gasteiger partial charge in [-0.25, -0.2) is 0 Å². The van der Waals surface area contributed by atoms with E-state index in [0.717, 1.165) is 13.0 Å². The van der Waals surface area contributed by atoms with E-state index in [1.54, 1.807) is 6.92 Å². The Kier molecular flexibility index (Phi) is 6.04. The second-order valence-corrected chi connectivity index (χ2v) is 10.1. The molecule has 0 spiro atoms. The highest BCUT2D eigenvalue weighted by atomic mass is 16.1. The number of carbonyl (C=O) groups is 1. The number of allylic oxidation sites excluding steroid dienone is 4. The molecule has 2 aliphatic heterocycles. The summed E-state index contributed by atoms with van der Waals surface area (Å²) in [7, 11) is 2.16. The monoisotopic (exact) mass is 442 g/mol. The van der Waals surface area contributed by atoms with Gasteiger partial charge in [-0.05, 0) is 38.0 Å². The van der Waals surface area contributed by atoms with Gasteiger partial charge in [0.05, 0.1) is 5.41 Å². The van der Waals surface area contributed by atoms with Gasteiger partial charge < -0.3 is 10.2 Å². The molecule has 0 fully saturated rings. The number of hydrogen-bond acceptors (Lipinski definition) is 2. The molecule has 2 heterocycles. The molecule has 172 valence electrons. The minimum Gasteiger partial charge on any atom is -0.356 e. The predicted molar refractivity (Wildman–Crippen MR) is 138 cm³/mol. The lowest BCUT2D eigenvalue weighted by Gasteiger charge is -2.27. The van der Waals surface area contributed by atoms with Crippen LogP contribution in [0.1, 0.15) is 52.2 Å². The van der Waals surface area contributed by atoms with Gasteiger partial charge in [0.1, 0.15) is 7.05 Å². The van der Waals surface area contributed by atoms with Crippen molar-refractivity contribution < 1.29 is 9.37 Å². The van der Waals surface area contributed by atoms with Crippen molar-refractivity contribution >= 4 is 23.0 Å². The van der Waals surface area contributed by atoms with E-state index in [1.165, 1.54) is 33.9 Å². The van der Waals surface area contributed by atoms with E-state index in [-0.39, 0.29) is 16.7 Å². The van der Waals surface area contributed by atoms with Gasteiger partial charge in [-0.3, -0.25) is 4.79 Å². The summed E-state index contributed by atoms with van der Waals surface area (Å²) in [5.74, 6) is 0.0252. The van der Waals surface area contributed by atoms with Crippen LogP contribution in [0.3, 0.4) is 0 Å². The number of amides is 1. The summed E-state index contributed by atoms with van der Waals surface area (Å²) in [5, 5.41) is 2.92. The van der Waals surface area contributed by atoms with Crippen molar-refractivity contribution in [3.63, 3.8) is 0 Å². The van der Waals surface area contributed by atoms with Crippen LogP contribution in [0.15, 0.2) is 72.5 Å². The van der Waals surface area contributed by atoms with E-state index in [4.69, 9.17) is 0 Å². The van der Waals surface area contributed by atoms with Gasteiger partial charge in [-0.2, -0.15) is 4.58 Å². The molecule has 0 aliphatic carbocycles. The zero-order valence-corrected chi connectivity index (χ0v) is 20.8. The number of benzene rings is 2. The zero-order chi connectivity index (χ0) is 23.8. The van der Waals surface area contributed by atoms with Gasteiger partial charge in [0.15, 0.2) is 5.71 Å². The lowest BCUT2D eigenvalue weighted by Crippen LogP contribution is -2.30. The Balaban J connectivity index is 1.65. The average molecular weight is 443 g/mol. The van der Waals surface area contributed by atoms with Crippen molar-refractivity contribution in [1.29, 1.82) is 0 Å². The van der Waals surface area contributed by atoms with Crippen LogP contribution in [0.2, 0.25) is 0 Å². The van der Waals surface area contributed by atoms with Crippen molar-refractivity contribution in [1.82, 2.24) is 5.32 Å². The highest BCUT2D eigenvalue weighted by molar-refractivity contribution is 6.03. The molecule has 2 aliphatic rings. The molecule has 4 nitrogen and oxygen atoms in total. The number of rotatable bonds is 6. The molecule has 0 bridgehead atoms. The molecule has 33 heavy (non-hydrogen) atoms. The van der Waals surface area contributed by atoms with Crippen LogP contribution >= 0.6 is 0 Å². The average Bonchev–Trinajstić information content (AvgIpc) is 3.11. The first-order valence-electron chi connectivity index (χ1n) is 11.9. The van der Waals surface area contributed by atoms with Crippen molar-refractivity contribution in [2.45, 2.75) is 51.9 Å². The third kappa shape index (κ3) is 4.03. The summed E-state index contributed by atoms with van der Waals surface area (Å²) in [6, 6.07) is 17.3. The Labute approximate surface area is 198 Å². The first-order chi connectivity index (χ1) is 15.7. The summed E-state index contributed by atoms with van der Waals surface area (Å²) >= 11 is 0. The maximum Gasteiger partial charge on any atom is 0.216 e. The Bertz CT molecular complexity index is 1170. The maximum absolute atomic E-state index is 11.3. The van der Waals surface area contributed by atoms with Crippen LogP contribution in [0.5, 0.6) is 0 Å². The van der Waals surface area contributed by atoms with Gasteiger partial charge in [-0.15, -0.1) is 0 Å². The summed E-state index contributed by atoms with van der Waals surface area (Å²) < 4.78 is 2.31. The first kappa shape index (κ1) is 23.0. The third-order valence-electron chi connectivity index (χ3n) is 7.18. The van der Waals surface area contributed by atoms with Gasteiger partial charge in [0.25, 0.3) is 0 Å². The standard InChI is InChI=1S/C29H35N3O/c1-21(33)30-19-12-20-32-25-16-10-8-14-23(25)29(4,5)27(32)18-11-17-26-28(2,3)22-13-7-9-15-24(22)31(26)6/h7-11,13-18H,12,19-20H2,1-6H3/p+1. The highest BCUT2D eigenvalue weighted by Gasteiger charge is 2.43. The van der Waals surface area contributed by atoms with Crippen LogP contribution in [-0.2, 0) is 15.6 Å². The van der Waals surface area contributed by atoms with E-state index in [1.807, 2.05) is 0 Å². The predicted octanol–water partition coefficient (Wildman–Crippen LogP) is 5.46. The summed E-state index contributed by atoms with van der Waals surface area (Å²) in [4.78, 5) is 13.7. The fraction of sp³-hybridized carbons (Fsp3) is 0.379. The smallest absolute Gasteiger partial charge is 0.216 e. The van der Waals surface area contributed by atoms with Crippen LogP contribution in [0.25, 0.3) is 0 Å². The summed E-state index contributed by atoms with van der Waals surface area (Å²) in [6.07, 6.45) is 7.65. The van der Waals surface area contributed by atoms with Gasteiger partial charge >= 0.3 is 0 Å². The van der Waals surface area contributed by atoms with Crippen molar-refractivity contribution in [3.05, 3.63) is 83.6 Å². The molecule has 0 atom stereocenters. The minimum absolute atomic E-state index is 0.0252. The molecular weight excluding hydrogens is 406 g/mol. The summed E-state index contributed by atoms with van der Waals surface area (Å²) in [6.45, 7) is 12.3. The molecule has 0 radical (unpaired) electrons. The van der Waals surface area contributed by atoms with Crippen LogP contribution in [-0.4, -0.2) is 36.3 Å². The maximum atomic E-state index is 11.3. The first-order valence-corrected chi connectivity index (χ1v) is 11.9. The molecule has 0 saturated carbocycles. The number of fused-ring (bicyclic) bond motifs is 2. The van der Waals surface area contributed by atoms with Crippen LogP contribution in [0.4, 0.5) is 11.4 Å². The Morgan fingerprint density at radius 3 is 2.36 bits per heavy atom. The number of carbonyl (C=O) groups excluding carboxylic acids is 1. The molecule has 1 N–H and O–H groups in total.